The minimum atomic E-state index is 0.636. The number of para-hydroxylation sites is 1. The third-order valence-electron chi connectivity index (χ3n) is 2.51. The number of rotatable bonds is 3. The Kier molecular flexibility index (Phi) is 2.70. The molecule has 0 aliphatic heterocycles. The number of nitrogens with zero attached hydrogens (tertiary/aromatic N) is 2. The van der Waals surface area contributed by atoms with Crippen LogP contribution in [0.1, 0.15) is 5.69 Å². The Labute approximate surface area is 107 Å². The molecular weight excluding hydrogens is 256 g/mol. The van der Waals surface area contributed by atoms with Crippen LogP contribution in [-0.4, -0.2) is 14.6 Å². The molecule has 0 saturated carbocycles. The van der Waals surface area contributed by atoms with Crippen LogP contribution in [0.5, 0.6) is 0 Å². The van der Waals surface area contributed by atoms with Crippen molar-refractivity contribution in [2.75, 3.05) is 5.32 Å². The quantitative estimate of drug-likeness (QED) is 0.763. The van der Waals surface area contributed by atoms with Crippen LogP contribution >= 0.6 is 23.1 Å². The largest absolute Gasteiger partial charge is 0.369 e. The zero-order valence-electron chi connectivity index (χ0n) is 8.77. The second-order valence-electron chi connectivity index (χ2n) is 3.60. The van der Waals surface area contributed by atoms with E-state index < -0.39 is 0 Å². The molecule has 6 heteroatoms. The van der Waals surface area contributed by atoms with E-state index in [9.17, 15) is 0 Å². The van der Waals surface area contributed by atoms with Crippen LogP contribution in [0, 0.1) is 0 Å². The maximum Gasteiger partial charge on any atom is 0.130 e. The van der Waals surface area contributed by atoms with E-state index in [1.807, 2.05) is 24.3 Å². The molecule has 0 aliphatic rings. The second kappa shape index (κ2) is 4.35. The van der Waals surface area contributed by atoms with Gasteiger partial charge in [-0.05, 0) is 6.07 Å². The first-order valence-corrected chi connectivity index (χ1v) is 6.26. The molecule has 0 aliphatic carbocycles. The minimum Gasteiger partial charge on any atom is -0.369 e. The summed E-state index contributed by atoms with van der Waals surface area (Å²) in [6, 6.07) is 7.98. The van der Waals surface area contributed by atoms with E-state index in [-0.39, 0.29) is 0 Å². The molecule has 3 aromatic rings. The van der Waals surface area contributed by atoms with Crippen LogP contribution in [0.4, 0.5) is 5.00 Å². The second-order valence-corrected chi connectivity index (χ2v) is 4.76. The molecule has 0 fully saturated rings. The van der Waals surface area contributed by atoms with E-state index in [1.165, 1.54) is 11.5 Å². The number of aromatic amines is 1. The molecule has 0 atom stereocenters. The molecule has 3 rings (SSSR count). The number of anilines is 1. The minimum absolute atomic E-state index is 0.636. The normalized spacial score (nSPS) is 10.9. The lowest BCUT2D eigenvalue weighted by Crippen LogP contribution is -1.98. The van der Waals surface area contributed by atoms with Crippen molar-refractivity contribution in [3.8, 4) is 0 Å². The predicted octanol–water partition coefficient (Wildman–Crippen LogP) is 3.28. The van der Waals surface area contributed by atoms with Crippen molar-refractivity contribution in [2.45, 2.75) is 6.54 Å². The molecule has 0 unspecified atom stereocenters. The van der Waals surface area contributed by atoms with E-state index in [4.69, 9.17) is 11.6 Å². The zero-order chi connectivity index (χ0) is 11.7. The first-order chi connectivity index (χ1) is 8.34. The van der Waals surface area contributed by atoms with Crippen LogP contribution in [0.2, 0.25) is 5.02 Å². The van der Waals surface area contributed by atoms with Gasteiger partial charge in [0.1, 0.15) is 5.00 Å². The number of benzene rings is 1. The maximum atomic E-state index is 6.30. The summed E-state index contributed by atoms with van der Waals surface area (Å²) in [5, 5.41) is 9.73. The highest BCUT2D eigenvalue weighted by atomic mass is 35.5. The summed E-state index contributed by atoms with van der Waals surface area (Å²) in [5.41, 5.74) is 2.03. The van der Waals surface area contributed by atoms with Gasteiger partial charge in [-0.3, -0.25) is 0 Å². The van der Waals surface area contributed by atoms with Crippen LogP contribution < -0.4 is 5.32 Å². The van der Waals surface area contributed by atoms with Crippen LogP contribution in [0.15, 0.2) is 30.5 Å². The van der Waals surface area contributed by atoms with Gasteiger partial charge in [-0.25, -0.2) is 0 Å². The lowest BCUT2D eigenvalue weighted by atomic mass is 10.2. The van der Waals surface area contributed by atoms with Crippen molar-refractivity contribution in [1.29, 1.82) is 0 Å². The SMILES string of the molecule is Clc1c(CNc2cnns2)[nH]c2ccccc12. The fourth-order valence-electron chi connectivity index (χ4n) is 1.71. The van der Waals surface area contributed by atoms with Gasteiger partial charge in [-0.15, -0.1) is 5.10 Å². The van der Waals surface area contributed by atoms with Crippen molar-refractivity contribution in [2.24, 2.45) is 0 Å². The van der Waals surface area contributed by atoms with Gasteiger partial charge in [0.2, 0.25) is 0 Å². The summed E-state index contributed by atoms with van der Waals surface area (Å²) in [6.45, 7) is 0.636. The smallest absolute Gasteiger partial charge is 0.130 e. The molecule has 17 heavy (non-hydrogen) atoms. The van der Waals surface area contributed by atoms with Crippen LogP contribution in [0.25, 0.3) is 10.9 Å². The van der Waals surface area contributed by atoms with Gasteiger partial charge in [0.15, 0.2) is 0 Å². The summed E-state index contributed by atoms with van der Waals surface area (Å²) in [6.07, 6.45) is 1.70. The Bertz CT molecular complexity index is 632. The summed E-state index contributed by atoms with van der Waals surface area (Å²) >= 11 is 7.62. The fourth-order valence-corrected chi connectivity index (χ4v) is 2.40. The fraction of sp³-hybridized carbons (Fsp3) is 0.0909. The third-order valence-corrected chi connectivity index (χ3v) is 3.57. The Hall–Kier alpha value is -1.59. The van der Waals surface area contributed by atoms with Crippen LogP contribution in [0.3, 0.4) is 0 Å². The Morgan fingerprint density at radius 1 is 1.35 bits per heavy atom. The molecule has 0 amide bonds. The average Bonchev–Trinajstić information content (AvgIpc) is 2.96. The molecule has 2 heterocycles. The highest BCUT2D eigenvalue weighted by Gasteiger charge is 2.08. The van der Waals surface area contributed by atoms with Crippen molar-refractivity contribution in [3.63, 3.8) is 0 Å². The molecule has 86 valence electrons. The number of fused-ring (bicyclic) bond motifs is 1. The number of nitrogens with one attached hydrogen (secondary N) is 2. The number of aromatic nitrogens is 3. The number of hydrogen-bond donors (Lipinski definition) is 2. The lowest BCUT2D eigenvalue weighted by Gasteiger charge is -2.00. The van der Waals surface area contributed by atoms with Gasteiger partial charge in [0, 0.05) is 22.4 Å². The first-order valence-electron chi connectivity index (χ1n) is 5.11. The van der Waals surface area contributed by atoms with Gasteiger partial charge in [-0.2, -0.15) is 0 Å². The third kappa shape index (κ3) is 1.99. The summed E-state index contributed by atoms with van der Waals surface area (Å²) in [5.74, 6) is 0. The van der Waals surface area contributed by atoms with E-state index in [0.717, 1.165) is 26.6 Å². The first kappa shape index (κ1) is 10.6. The Morgan fingerprint density at radius 2 is 2.24 bits per heavy atom. The highest BCUT2D eigenvalue weighted by molar-refractivity contribution is 7.09. The standard InChI is InChI=1S/C11H9ClN4S/c12-11-7-3-1-2-4-8(7)15-9(11)5-13-10-6-14-16-17-10/h1-4,6,13,15H,5H2. The van der Waals surface area contributed by atoms with Gasteiger partial charge in [0.05, 0.1) is 23.5 Å². The van der Waals surface area contributed by atoms with Crippen molar-refractivity contribution in [1.82, 2.24) is 14.6 Å². The Balaban J connectivity index is 1.88. The van der Waals surface area contributed by atoms with Gasteiger partial charge in [-0.1, -0.05) is 34.3 Å². The predicted molar refractivity (Wildman–Crippen MR) is 70.5 cm³/mol. The summed E-state index contributed by atoms with van der Waals surface area (Å²) in [4.78, 5) is 3.30. The van der Waals surface area contributed by atoms with E-state index in [2.05, 4.69) is 19.9 Å². The molecule has 0 saturated heterocycles. The molecule has 2 aromatic heterocycles. The van der Waals surface area contributed by atoms with Gasteiger partial charge in [0.25, 0.3) is 0 Å². The zero-order valence-corrected chi connectivity index (χ0v) is 10.3. The molecule has 2 N–H and O–H groups in total. The average molecular weight is 265 g/mol. The number of halogens is 1. The van der Waals surface area contributed by atoms with Gasteiger partial charge < -0.3 is 10.3 Å². The number of hydrogen-bond acceptors (Lipinski definition) is 4. The molecule has 1 aromatic carbocycles. The van der Waals surface area contributed by atoms with Gasteiger partial charge >= 0.3 is 0 Å². The van der Waals surface area contributed by atoms with E-state index in [0.29, 0.717) is 6.54 Å². The monoisotopic (exact) mass is 264 g/mol. The summed E-state index contributed by atoms with van der Waals surface area (Å²) in [7, 11) is 0. The van der Waals surface area contributed by atoms with E-state index in [1.54, 1.807) is 6.20 Å². The topological polar surface area (TPSA) is 53.6 Å². The number of H-pyrrole nitrogens is 1. The lowest BCUT2D eigenvalue weighted by molar-refractivity contribution is 1.09. The van der Waals surface area contributed by atoms with Crippen molar-refractivity contribution >= 4 is 39.0 Å². The Morgan fingerprint density at radius 3 is 3.00 bits per heavy atom. The molecule has 0 spiro atoms. The van der Waals surface area contributed by atoms with Crippen molar-refractivity contribution < 1.29 is 0 Å². The molecule has 4 nitrogen and oxygen atoms in total. The van der Waals surface area contributed by atoms with E-state index >= 15 is 0 Å². The molecule has 0 bridgehead atoms. The molecular formula is C11H9ClN4S. The summed E-state index contributed by atoms with van der Waals surface area (Å²) < 4.78 is 3.79. The highest BCUT2D eigenvalue weighted by Crippen LogP contribution is 2.27. The van der Waals surface area contributed by atoms with Crippen LogP contribution in [-0.2, 0) is 6.54 Å². The van der Waals surface area contributed by atoms with Crippen molar-refractivity contribution in [3.05, 3.63) is 41.2 Å². The maximum absolute atomic E-state index is 6.30. The molecule has 0 radical (unpaired) electrons.